The van der Waals surface area contributed by atoms with Gasteiger partial charge in [0.05, 0.1) is 5.56 Å². The zero-order valence-electron chi connectivity index (χ0n) is 14.5. The normalized spacial score (nSPS) is 14.8. The first kappa shape index (κ1) is 18.6. The Morgan fingerprint density at radius 3 is 2.12 bits per heavy atom. The van der Waals surface area contributed by atoms with Gasteiger partial charge in [0.2, 0.25) is 0 Å². The van der Waals surface area contributed by atoms with Crippen molar-refractivity contribution in [2.45, 2.75) is 26.4 Å². The minimum atomic E-state index is -0.581. The van der Waals surface area contributed by atoms with Crippen LogP contribution in [0.5, 0.6) is 11.5 Å². The highest BCUT2D eigenvalue weighted by molar-refractivity contribution is 5.80. The lowest BCUT2D eigenvalue weighted by atomic mass is 10.2. The van der Waals surface area contributed by atoms with Crippen LogP contribution in [-0.2, 0) is 4.74 Å². The average Bonchev–Trinajstić information content (AvgIpc) is 2.53. The van der Waals surface area contributed by atoms with Gasteiger partial charge in [-0.05, 0) is 32.9 Å². The van der Waals surface area contributed by atoms with E-state index in [1.807, 2.05) is 0 Å². The number of ether oxygens (including phenoxy) is 2. The summed E-state index contributed by atoms with van der Waals surface area (Å²) in [5, 5.41) is 9.61. The number of aromatic hydroxyl groups is 1. The number of carbonyl (C=O) groups excluding carboxylic acids is 3. The zero-order valence-corrected chi connectivity index (χ0v) is 14.5. The van der Waals surface area contributed by atoms with Crippen molar-refractivity contribution in [1.82, 2.24) is 9.80 Å². The van der Waals surface area contributed by atoms with Gasteiger partial charge < -0.3 is 24.4 Å². The first-order valence-electron chi connectivity index (χ1n) is 7.92. The third-order valence-electron chi connectivity index (χ3n) is 3.52. The molecule has 8 heteroatoms. The maximum absolute atomic E-state index is 12.2. The highest BCUT2D eigenvalue weighted by atomic mass is 16.6. The molecule has 1 saturated heterocycles. The Morgan fingerprint density at radius 2 is 1.64 bits per heavy atom. The predicted molar refractivity (Wildman–Crippen MR) is 88.9 cm³/mol. The largest absolute Gasteiger partial charge is 0.507 e. The van der Waals surface area contributed by atoms with Gasteiger partial charge in [-0.1, -0.05) is 0 Å². The molecule has 8 nitrogen and oxygen atoms in total. The van der Waals surface area contributed by atoms with Crippen LogP contribution in [0.4, 0.5) is 9.59 Å². The van der Waals surface area contributed by atoms with Gasteiger partial charge in [-0.3, -0.25) is 4.79 Å². The summed E-state index contributed by atoms with van der Waals surface area (Å²) >= 11 is 0. The molecule has 0 unspecified atom stereocenters. The van der Waals surface area contributed by atoms with E-state index in [-0.39, 0.29) is 17.1 Å². The quantitative estimate of drug-likeness (QED) is 0.822. The van der Waals surface area contributed by atoms with Gasteiger partial charge in [-0.15, -0.1) is 0 Å². The molecule has 136 valence electrons. The van der Waals surface area contributed by atoms with E-state index in [0.717, 1.165) is 0 Å². The second kappa shape index (κ2) is 7.42. The number of phenols is 1. The highest BCUT2D eigenvalue weighted by Crippen LogP contribution is 2.23. The lowest BCUT2D eigenvalue weighted by Gasteiger charge is -2.35. The predicted octanol–water partition coefficient (Wildman–Crippen LogP) is 2.26. The summed E-state index contributed by atoms with van der Waals surface area (Å²) in [5.41, 5.74) is -0.450. The van der Waals surface area contributed by atoms with Crippen molar-refractivity contribution in [3.05, 3.63) is 23.8 Å². The Hall–Kier alpha value is -2.77. The highest BCUT2D eigenvalue weighted by Gasteiger charge is 2.28. The SMILES string of the molecule is CC(C)(C)OC(=O)N1CCN(C(=O)Oc2ccc(C=O)c(O)c2)CC1. The van der Waals surface area contributed by atoms with E-state index >= 15 is 0 Å². The molecular formula is C17H22N2O6. The number of benzene rings is 1. The van der Waals surface area contributed by atoms with Gasteiger partial charge in [0.15, 0.2) is 6.29 Å². The van der Waals surface area contributed by atoms with Crippen LogP contribution >= 0.6 is 0 Å². The Morgan fingerprint density at radius 1 is 1.08 bits per heavy atom. The molecule has 0 aliphatic carbocycles. The van der Waals surface area contributed by atoms with Crippen molar-refractivity contribution in [2.24, 2.45) is 0 Å². The van der Waals surface area contributed by atoms with Crippen LogP contribution in [0, 0.1) is 0 Å². The fraction of sp³-hybridized carbons (Fsp3) is 0.471. The molecular weight excluding hydrogens is 328 g/mol. The van der Waals surface area contributed by atoms with Crippen LogP contribution in [0.25, 0.3) is 0 Å². The van der Waals surface area contributed by atoms with Crippen LogP contribution < -0.4 is 4.74 Å². The summed E-state index contributed by atoms with van der Waals surface area (Å²) in [5.74, 6) is -0.113. The lowest BCUT2D eigenvalue weighted by molar-refractivity contribution is 0.0154. The number of nitrogens with zero attached hydrogens (tertiary/aromatic N) is 2. The molecule has 0 saturated carbocycles. The van der Waals surface area contributed by atoms with Crippen LogP contribution in [0.2, 0.25) is 0 Å². The molecule has 0 spiro atoms. The first-order valence-corrected chi connectivity index (χ1v) is 7.92. The summed E-state index contributed by atoms with van der Waals surface area (Å²) < 4.78 is 10.5. The van der Waals surface area contributed by atoms with E-state index in [1.165, 1.54) is 23.1 Å². The lowest BCUT2D eigenvalue weighted by Crippen LogP contribution is -2.52. The Balaban J connectivity index is 1.88. The molecule has 1 N–H and O–H groups in total. The van der Waals surface area contributed by atoms with Crippen LogP contribution in [0.15, 0.2) is 18.2 Å². The molecule has 0 atom stereocenters. The van der Waals surface area contributed by atoms with Crippen molar-refractivity contribution >= 4 is 18.5 Å². The van der Waals surface area contributed by atoms with Gasteiger partial charge in [0.1, 0.15) is 17.1 Å². The number of piperazine rings is 1. The molecule has 25 heavy (non-hydrogen) atoms. The van der Waals surface area contributed by atoms with Crippen molar-refractivity contribution in [2.75, 3.05) is 26.2 Å². The molecule has 1 aliphatic heterocycles. The number of rotatable bonds is 2. The van der Waals surface area contributed by atoms with Crippen molar-refractivity contribution in [1.29, 1.82) is 0 Å². The van der Waals surface area contributed by atoms with Crippen LogP contribution in [0.1, 0.15) is 31.1 Å². The second-order valence-electron chi connectivity index (χ2n) is 6.66. The standard InChI is InChI=1S/C17H22N2O6/c1-17(2,3)25-16(23)19-8-6-18(7-9-19)15(22)24-13-5-4-12(11-20)14(21)10-13/h4-5,10-11,21H,6-9H2,1-3H3. The maximum Gasteiger partial charge on any atom is 0.415 e. The molecule has 0 radical (unpaired) electrons. The third kappa shape index (κ3) is 5.10. The van der Waals surface area contributed by atoms with Crippen LogP contribution in [-0.4, -0.2) is 65.2 Å². The first-order chi connectivity index (χ1) is 11.7. The number of phenolic OH excluding ortho intramolecular Hbond substituents is 1. The fourth-order valence-corrected chi connectivity index (χ4v) is 2.25. The summed E-state index contributed by atoms with van der Waals surface area (Å²) in [6.45, 7) is 6.71. The van der Waals surface area contributed by atoms with E-state index in [9.17, 15) is 19.5 Å². The molecule has 1 aliphatic rings. The molecule has 1 heterocycles. The molecule has 1 aromatic rings. The maximum atomic E-state index is 12.2. The number of carbonyl (C=O) groups is 3. The molecule has 0 aromatic heterocycles. The smallest absolute Gasteiger partial charge is 0.415 e. The van der Waals surface area contributed by atoms with E-state index in [0.29, 0.717) is 32.5 Å². The van der Waals surface area contributed by atoms with E-state index < -0.39 is 17.8 Å². The van der Waals surface area contributed by atoms with E-state index in [2.05, 4.69) is 0 Å². The summed E-state index contributed by atoms with van der Waals surface area (Å²) in [6, 6.07) is 4.00. The Kier molecular flexibility index (Phi) is 5.51. The number of aldehydes is 1. The van der Waals surface area contributed by atoms with Crippen molar-refractivity contribution in [3.8, 4) is 11.5 Å². The molecule has 2 amide bonds. The number of hydrogen-bond donors (Lipinski definition) is 1. The van der Waals surface area contributed by atoms with Gasteiger partial charge in [-0.25, -0.2) is 9.59 Å². The van der Waals surface area contributed by atoms with Gasteiger partial charge in [0, 0.05) is 32.2 Å². The van der Waals surface area contributed by atoms with E-state index in [4.69, 9.17) is 9.47 Å². The van der Waals surface area contributed by atoms with E-state index in [1.54, 1.807) is 25.7 Å². The topological polar surface area (TPSA) is 96.4 Å². The Bertz CT molecular complexity index is 660. The fourth-order valence-electron chi connectivity index (χ4n) is 2.25. The van der Waals surface area contributed by atoms with Gasteiger partial charge >= 0.3 is 12.2 Å². The molecule has 2 rings (SSSR count). The van der Waals surface area contributed by atoms with Gasteiger partial charge in [-0.2, -0.15) is 0 Å². The number of amides is 2. The summed E-state index contributed by atoms with van der Waals surface area (Å²) in [7, 11) is 0. The van der Waals surface area contributed by atoms with Gasteiger partial charge in [0.25, 0.3) is 0 Å². The monoisotopic (exact) mass is 350 g/mol. The minimum absolute atomic E-state index is 0.116. The van der Waals surface area contributed by atoms with Crippen molar-refractivity contribution < 1.29 is 29.0 Å². The Labute approximate surface area is 145 Å². The minimum Gasteiger partial charge on any atom is -0.507 e. The second-order valence-corrected chi connectivity index (χ2v) is 6.66. The van der Waals surface area contributed by atoms with Crippen molar-refractivity contribution in [3.63, 3.8) is 0 Å². The number of hydrogen-bond acceptors (Lipinski definition) is 6. The van der Waals surface area contributed by atoms with Crippen LogP contribution in [0.3, 0.4) is 0 Å². The molecule has 1 aromatic carbocycles. The zero-order chi connectivity index (χ0) is 18.6. The summed E-state index contributed by atoms with van der Waals surface area (Å²) in [4.78, 5) is 37.8. The third-order valence-corrected chi connectivity index (χ3v) is 3.52. The molecule has 1 fully saturated rings. The summed E-state index contributed by atoms with van der Waals surface area (Å²) in [6.07, 6.45) is -0.478. The average molecular weight is 350 g/mol. The molecule has 0 bridgehead atoms.